The van der Waals surface area contributed by atoms with Crippen LogP contribution in [0.1, 0.15) is 16.1 Å². The topological polar surface area (TPSA) is 69.6 Å². The van der Waals surface area contributed by atoms with Crippen LogP contribution in [-0.4, -0.2) is 47.6 Å². The van der Waals surface area contributed by atoms with Crippen LogP contribution in [0, 0.1) is 0 Å². The van der Waals surface area contributed by atoms with E-state index in [4.69, 9.17) is 16.7 Å². The average molecular weight is 289 g/mol. The van der Waals surface area contributed by atoms with Crippen LogP contribution in [0.3, 0.4) is 0 Å². The number of amides is 1. The first-order valence-corrected chi connectivity index (χ1v) is 6.66. The lowest BCUT2D eigenvalue weighted by Gasteiger charge is -2.13. The van der Waals surface area contributed by atoms with Gasteiger partial charge in [0.05, 0.1) is 9.21 Å². The molecule has 2 rings (SSSR count). The third kappa shape index (κ3) is 2.82. The molecule has 18 heavy (non-hydrogen) atoms. The van der Waals surface area contributed by atoms with E-state index in [1.165, 1.54) is 11.3 Å². The third-order valence-corrected chi connectivity index (χ3v) is 4.20. The van der Waals surface area contributed by atoms with E-state index < -0.39 is 12.0 Å². The van der Waals surface area contributed by atoms with Crippen molar-refractivity contribution < 1.29 is 14.7 Å². The molecule has 1 amide bonds. The second-order valence-corrected chi connectivity index (χ2v) is 6.02. The number of carbonyl (C=O) groups excluding carboxylic acids is 1. The summed E-state index contributed by atoms with van der Waals surface area (Å²) in [7, 11) is 1.74. The Morgan fingerprint density at radius 1 is 1.56 bits per heavy atom. The van der Waals surface area contributed by atoms with Crippen LogP contribution in [0.5, 0.6) is 0 Å². The number of hydrogen-bond donors (Lipinski definition) is 2. The molecule has 7 heteroatoms. The Morgan fingerprint density at radius 3 is 2.78 bits per heavy atom. The Morgan fingerprint density at radius 2 is 2.28 bits per heavy atom. The van der Waals surface area contributed by atoms with Crippen molar-refractivity contribution in [3.05, 3.63) is 21.3 Å². The zero-order chi connectivity index (χ0) is 13.3. The maximum absolute atomic E-state index is 11.9. The quantitative estimate of drug-likeness (QED) is 0.879. The number of thiophene rings is 1. The molecule has 98 valence electrons. The van der Waals surface area contributed by atoms with Crippen molar-refractivity contribution in [1.82, 2.24) is 10.2 Å². The van der Waals surface area contributed by atoms with E-state index in [1.54, 1.807) is 24.1 Å². The van der Waals surface area contributed by atoms with Crippen molar-refractivity contribution >= 4 is 34.8 Å². The number of nitrogens with one attached hydrogen (secondary N) is 1. The van der Waals surface area contributed by atoms with Gasteiger partial charge < -0.3 is 10.4 Å². The summed E-state index contributed by atoms with van der Waals surface area (Å²) >= 11 is 6.97. The Kier molecular flexibility index (Phi) is 3.89. The summed E-state index contributed by atoms with van der Waals surface area (Å²) in [6.07, 6.45) is 0.427. The summed E-state index contributed by atoms with van der Waals surface area (Å²) in [6.45, 7) is 0.543. The lowest BCUT2D eigenvalue weighted by atomic mass is 10.1. The Labute approximate surface area is 113 Å². The zero-order valence-electron chi connectivity index (χ0n) is 9.72. The van der Waals surface area contributed by atoms with Crippen molar-refractivity contribution in [3.63, 3.8) is 0 Å². The molecule has 0 bridgehead atoms. The molecule has 0 spiro atoms. The molecule has 1 aromatic heterocycles. The fraction of sp³-hybridized carbons (Fsp3) is 0.455. The maximum atomic E-state index is 11.9. The van der Waals surface area contributed by atoms with Gasteiger partial charge in [-0.1, -0.05) is 11.6 Å². The predicted molar refractivity (Wildman–Crippen MR) is 69.3 cm³/mol. The molecule has 2 N–H and O–H groups in total. The van der Waals surface area contributed by atoms with Crippen LogP contribution in [0.15, 0.2) is 12.1 Å². The lowest BCUT2D eigenvalue weighted by molar-refractivity contribution is -0.141. The summed E-state index contributed by atoms with van der Waals surface area (Å²) in [6, 6.07) is 2.67. The first kappa shape index (κ1) is 13.3. The largest absolute Gasteiger partial charge is 0.480 e. The molecule has 0 radical (unpaired) electrons. The highest BCUT2D eigenvalue weighted by atomic mass is 35.5. The van der Waals surface area contributed by atoms with E-state index >= 15 is 0 Å². The summed E-state index contributed by atoms with van der Waals surface area (Å²) in [5.74, 6) is -1.05. The van der Waals surface area contributed by atoms with Gasteiger partial charge in [-0.05, 0) is 25.6 Å². The van der Waals surface area contributed by atoms with E-state index in [-0.39, 0.29) is 11.9 Å². The Hall–Kier alpha value is -1.11. The molecular weight excluding hydrogens is 276 g/mol. The van der Waals surface area contributed by atoms with Gasteiger partial charge in [0.15, 0.2) is 0 Å². The second-order valence-electron chi connectivity index (χ2n) is 4.30. The van der Waals surface area contributed by atoms with Crippen molar-refractivity contribution in [2.45, 2.75) is 18.5 Å². The molecule has 1 aromatic rings. The molecular formula is C11H13ClN2O3S. The molecule has 2 heterocycles. The van der Waals surface area contributed by atoms with Crippen LogP contribution in [-0.2, 0) is 4.79 Å². The van der Waals surface area contributed by atoms with Gasteiger partial charge in [-0.3, -0.25) is 14.5 Å². The van der Waals surface area contributed by atoms with Crippen molar-refractivity contribution in [1.29, 1.82) is 0 Å². The molecule has 1 aliphatic rings. The number of nitrogens with zero attached hydrogens (tertiary/aromatic N) is 1. The number of likely N-dealkylation sites (N-methyl/N-ethyl adjacent to an activating group) is 1. The van der Waals surface area contributed by atoms with E-state index in [0.717, 1.165) is 0 Å². The van der Waals surface area contributed by atoms with E-state index in [0.29, 0.717) is 22.2 Å². The van der Waals surface area contributed by atoms with Crippen LogP contribution in [0.2, 0.25) is 4.34 Å². The fourth-order valence-electron chi connectivity index (χ4n) is 2.09. The lowest BCUT2D eigenvalue weighted by Crippen LogP contribution is -2.36. The fourth-order valence-corrected chi connectivity index (χ4v) is 3.03. The average Bonchev–Trinajstić information content (AvgIpc) is 2.85. The highest BCUT2D eigenvalue weighted by Gasteiger charge is 2.35. The van der Waals surface area contributed by atoms with Crippen molar-refractivity contribution in [2.75, 3.05) is 13.6 Å². The van der Waals surface area contributed by atoms with Crippen LogP contribution >= 0.6 is 22.9 Å². The second kappa shape index (κ2) is 5.26. The molecule has 0 saturated carbocycles. The molecule has 0 aliphatic carbocycles. The first-order chi connectivity index (χ1) is 8.47. The summed E-state index contributed by atoms with van der Waals surface area (Å²) in [4.78, 5) is 25.1. The zero-order valence-corrected chi connectivity index (χ0v) is 11.3. The van der Waals surface area contributed by atoms with Gasteiger partial charge >= 0.3 is 5.97 Å². The molecule has 2 atom stereocenters. The first-order valence-electron chi connectivity index (χ1n) is 5.46. The highest BCUT2D eigenvalue weighted by Crippen LogP contribution is 2.22. The normalized spacial score (nSPS) is 24.1. The van der Waals surface area contributed by atoms with Crippen molar-refractivity contribution in [3.8, 4) is 0 Å². The predicted octanol–water partition coefficient (Wildman–Crippen LogP) is 1.29. The minimum atomic E-state index is -0.853. The van der Waals surface area contributed by atoms with E-state index in [1.807, 2.05) is 0 Å². The monoisotopic (exact) mass is 288 g/mol. The third-order valence-electron chi connectivity index (χ3n) is 2.97. The maximum Gasteiger partial charge on any atom is 0.320 e. The molecule has 1 fully saturated rings. The standard InChI is InChI=1S/C11H13ClN2O3S/c1-14-5-6(4-7(14)11(16)17)13-10(15)8-2-3-9(12)18-8/h2-3,6-7H,4-5H2,1H3,(H,13,15)(H,16,17)/t6-,7-/m0/s1. The van der Waals surface area contributed by atoms with Gasteiger partial charge in [0, 0.05) is 12.6 Å². The van der Waals surface area contributed by atoms with Gasteiger partial charge in [0.2, 0.25) is 0 Å². The number of carboxylic acid groups (broad SMARTS) is 1. The summed E-state index contributed by atoms with van der Waals surface area (Å²) < 4.78 is 0.562. The highest BCUT2D eigenvalue weighted by molar-refractivity contribution is 7.17. The minimum Gasteiger partial charge on any atom is -0.480 e. The van der Waals surface area contributed by atoms with Gasteiger partial charge in [0.1, 0.15) is 6.04 Å². The number of likely N-dealkylation sites (tertiary alicyclic amines) is 1. The SMILES string of the molecule is CN1C[C@@H](NC(=O)c2ccc(Cl)s2)C[C@H]1C(=O)O. The van der Waals surface area contributed by atoms with Gasteiger partial charge in [0.25, 0.3) is 5.91 Å². The minimum absolute atomic E-state index is 0.135. The number of hydrogen-bond acceptors (Lipinski definition) is 4. The smallest absolute Gasteiger partial charge is 0.320 e. The summed E-state index contributed by atoms with van der Waals surface area (Å²) in [5, 5.41) is 11.8. The number of carbonyl (C=O) groups is 2. The van der Waals surface area contributed by atoms with E-state index in [2.05, 4.69) is 5.32 Å². The van der Waals surface area contributed by atoms with Crippen LogP contribution in [0.25, 0.3) is 0 Å². The molecule has 5 nitrogen and oxygen atoms in total. The van der Waals surface area contributed by atoms with Gasteiger partial charge in [-0.15, -0.1) is 11.3 Å². The van der Waals surface area contributed by atoms with E-state index in [9.17, 15) is 9.59 Å². The van der Waals surface area contributed by atoms with Crippen LogP contribution in [0.4, 0.5) is 0 Å². The van der Waals surface area contributed by atoms with Crippen LogP contribution < -0.4 is 5.32 Å². The number of halogens is 1. The molecule has 0 aromatic carbocycles. The van der Waals surface area contributed by atoms with Gasteiger partial charge in [-0.2, -0.15) is 0 Å². The summed E-state index contributed by atoms with van der Waals surface area (Å²) in [5.41, 5.74) is 0. The molecule has 1 saturated heterocycles. The number of aliphatic carboxylic acids is 1. The Bertz CT molecular complexity index is 477. The number of carboxylic acids is 1. The number of rotatable bonds is 3. The van der Waals surface area contributed by atoms with Gasteiger partial charge in [-0.25, -0.2) is 0 Å². The molecule has 0 unspecified atom stereocenters. The molecule has 1 aliphatic heterocycles. The van der Waals surface area contributed by atoms with Crippen molar-refractivity contribution in [2.24, 2.45) is 0 Å². The Balaban J connectivity index is 1.95.